The Morgan fingerprint density at radius 3 is 2.73 bits per heavy atom. The van der Waals surface area contributed by atoms with Gasteiger partial charge < -0.3 is 14.0 Å². The summed E-state index contributed by atoms with van der Waals surface area (Å²) in [5.74, 6) is 1.48. The van der Waals surface area contributed by atoms with E-state index in [9.17, 15) is 9.59 Å². The molecule has 0 saturated carbocycles. The Morgan fingerprint density at radius 1 is 1.27 bits per heavy atom. The zero-order valence-electron chi connectivity index (χ0n) is 19.9. The second kappa shape index (κ2) is 9.89. The number of nitrogens with zero attached hydrogens (tertiary/aromatic N) is 2. The standard InChI is InChI=1S/C25H32N4O4/c1-5-16(3)19-14-28(4)23-22(19)26-24(27-25(23)31)18-13-17(7-8-21(18)33-6-2)20(30)15-29-9-11-32-12-10-29/h7-8,13-14,16H,5-6,9-12,15H2,1-4H3,(H,26,27,31)/p+1. The number of ether oxygens (including phenoxy) is 2. The van der Waals surface area contributed by atoms with Crippen molar-refractivity contribution in [1.29, 1.82) is 0 Å². The molecule has 3 aromatic rings. The number of hydrogen-bond acceptors (Lipinski definition) is 5. The average molecular weight is 454 g/mol. The highest BCUT2D eigenvalue weighted by atomic mass is 16.5. The van der Waals surface area contributed by atoms with Crippen LogP contribution in [0.3, 0.4) is 0 Å². The van der Waals surface area contributed by atoms with E-state index >= 15 is 0 Å². The summed E-state index contributed by atoms with van der Waals surface area (Å²) in [6.45, 7) is 9.81. The van der Waals surface area contributed by atoms with Gasteiger partial charge in [-0.2, -0.15) is 0 Å². The molecule has 4 rings (SSSR count). The van der Waals surface area contributed by atoms with Crippen LogP contribution in [0.2, 0.25) is 0 Å². The Balaban J connectivity index is 1.78. The average Bonchev–Trinajstić information content (AvgIpc) is 3.16. The van der Waals surface area contributed by atoms with E-state index in [4.69, 9.17) is 9.47 Å². The van der Waals surface area contributed by atoms with Gasteiger partial charge in [-0.05, 0) is 37.5 Å². The van der Waals surface area contributed by atoms with Crippen LogP contribution in [0.15, 0.2) is 29.2 Å². The molecule has 2 aromatic heterocycles. The quantitative estimate of drug-likeness (QED) is 0.530. The van der Waals surface area contributed by atoms with Gasteiger partial charge in [0.1, 0.15) is 11.3 Å². The summed E-state index contributed by atoms with van der Waals surface area (Å²) >= 11 is 0. The molecular weight excluding hydrogens is 420 g/mol. The van der Waals surface area contributed by atoms with Crippen LogP contribution < -0.4 is 15.3 Å². The number of aromatic nitrogens is 3. The fraction of sp³-hybridized carbons (Fsp3) is 0.480. The van der Waals surface area contributed by atoms with Crippen LogP contribution in [0.4, 0.5) is 0 Å². The number of nitrogens with one attached hydrogen (secondary N) is 2. The number of rotatable bonds is 8. The molecule has 1 saturated heterocycles. The molecule has 0 amide bonds. The van der Waals surface area contributed by atoms with Gasteiger partial charge in [0, 0.05) is 37.5 Å². The minimum atomic E-state index is -0.178. The summed E-state index contributed by atoms with van der Waals surface area (Å²) in [5, 5.41) is 0. The summed E-state index contributed by atoms with van der Waals surface area (Å²) in [5.41, 5.74) is 3.60. The van der Waals surface area contributed by atoms with Crippen LogP contribution in [-0.4, -0.2) is 59.7 Å². The van der Waals surface area contributed by atoms with Gasteiger partial charge in [0.2, 0.25) is 0 Å². The third kappa shape index (κ3) is 4.72. The predicted octanol–water partition coefficient (Wildman–Crippen LogP) is 2.77. The van der Waals surface area contributed by atoms with Crippen molar-refractivity contribution in [2.24, 2.45) is 7.05 Å². The smallest absolute Gasteiger partial charge is 0.360 e. The van der Waals surface area contributed by atoms with Crippen molar-refractivity contribution in [3.63, 3.8) is 0 Å². The second-order valence-corrected chi connectivity index (χ2v) is 8.64. The van der Waals surface area contributed by atoms with E-state index in [2.05, 4.69) is 28.7 Å². The van der Waals surface area contributed by atoms with Crippen LogP contribution in [0.25, 0.3) is 22.4 Å². The molecule has 1 unspecified atom stereocenters. The van der Waals surface area contributed by atoms with Gasteiger partial charge in [-0.15, -0.1) is 0 Å². The van der Waals surface area contributed by atoms with Gasteiger partial charge in [-0.25, -0.2) is 14.8 Å². The van der Waals surface area contributed by atoms with Crippen molar-refractivity contribution in [3.8, 4) is 17.1 Å². The monoisotopic (exact) mass is 453 g/mol. The first kappa shape index (κ1) is 23.2. The third-order valence-electron chi connectivity index (χ3n) is 6.40. The minimum Gasteiger partial charge on any atom is -0.493 e. The van der Waals surface area contributed by atoms with Gasteiger partial charge in [0.25, 0.3) is 5.82 Å². The lowest BCUT2D eigenvalue weighted by Gasteiger charge is -2.25. The Morgan fingerprint density at radius 2 is 2.03 bits per heavy atom. The normalized spacial score (nSPS) is 15.6. The maximum atomic E-state index is 13.0. The number of fused-ring (bicyclic) bond motifs is 1. The van der Waals surface area contributed by atoms with Gasteiger partial charge in [0.15, 0.2) is 16.8 Å². The van der Waals surface area contributed by atoms with Crippen LogP contribution in [-0.2, 0) is 11.8 Å². The van der Waals surface area contributed by atoms with Crippen molar-refractivity contribution >= 4 is 16.8 Å². The number of hydrogen-bond donors (Lipinski definition) is 1. The first-order chi connectivity index (χ1) is 15.9. The molecule has 1 aromatic carbocycles. The molecule has 1 aliphatic heterocycles. The zero-order chi connectivity index (χ0) is 23.5. The summed E-state index contributed by atoms with van der Waals surface area (Å²) in [6.07, 6.45) is 2.98. The van der Waals surface area contributed by atoms with Crippen LogP contribution in [0, 0.1) is 0 Å². The maximum Gasteiger partial charge on any atom is 0.360 e. The highest BCUT2D eigenvalue weighted by Crippen LogP contribution is 2.30. The first-order valence-electron chi connectivity index (χ1n) is 11.7. The molecule has 8 heteroatoms. The Bertz CT molecular complexity index is 1210. The first-order valence-corrected chi connectivity index (χ1v) is 11.7. The predicted molar refractivity (Wildman–Crippen MR) is 127 cm³/mol. The van der Waals surface area contributed by atoms with Crippen molar-refractivity contribution in [2.45, 2.75) is 33.1 Å². The molecule has 0 spiro atoms. The van der Waals surface area contributed by atoms with E-state index in [1.165, 1.54) is 0 Å². The molecule has 3 heterocycles. The molecule has 0 aliphatic carbocycles. The molecule has 1 fully saturated rings. The minimum absolute atomic E-state index is 0.0321. The lowest BCUT2D eigenvalue weighted by atomic mass is 10.0. The number of morpholine rings is 1. The van der Waals surface area contributed by atoms with E-state index in [0.29, 0.717) is 60.5 Å². The van der Waals surface area contributed by atoms with Crippen molar-refractivity contribution < 1.29 is 19.3 Å². The van der Waals surface area contributed by atoms with E-state index in [-0.39, 0.29) is 11.3 Å². The van der Waals surface area contributed by atoms with Gasteiger partial charge >= 0.3 is 5.56 Å². The van der Waals surface area contributed by atoms with Gasteiger partial charge in [-0.1, -0.05) is 13.8 Å². The summed E-state index contributed by atoms with van der Waals surface area (Å²) in [6, 6.07) is 5.41. The number of ketones is 1. The lowest BCUT2D eigenvalue weighted by molar-refractivity contribution is -0.336. The summed E-state index contributed by atoms with van der Waals surface area (Å²) in [7, 11) is 1.88. The van der Waals surface area contributed by atoms with Crippen molar-refractivity contribution in [2.75, 3.05) is 39.5 Å². The SMILES string of the molecule is CCOc1ccc(C(=O)CN2CCOCC2)cc1-c1[nH]c(=O)c2c([nH+]1)c(C(C)CC)cn2C. The van der Waals surface area contributed by atoms with Crippen LogP contribution in [0.5, 0.6) is 5.75 Å². The number of aryl methyl sites for hydroxylation is 1. The molecule has 1 aliphatic rings. The molecule has 8 nitrogen and oxygen atoms in total. The second-order valence-electron chi connectivity index (χ2n) is 8.64. The number of carbonyl (C=O) groups excluding carboxylic acids is 1. The molecule has 1 atom stereocenters. The van der Waals surface area contributed by atoms with Gasteiger partial charge in [-0.3, -0.25) is 9.69 Å². The molecule has 0 bridgehead atoms. The zero-order valence-corrected chi connectivity index (χ0v) is 19.9. The summed E-state index contributed by atoms with van der Waals surface area (Å²) < 4.78 is 13.1. The molecule has 0 radical (unpaired) electrons. The van der Waals surface area contributed by atoms with Gasteiger partial charge in [0.05, 0.1) is 26.4 Å². The van der Waals surface area contributed by atoms with Crippen molar-refractivity contribution in [1.82, 2.24) is 14.5 Å². The maximum absolute atomic E-state index is 13.0. The highest BCUT2D eigenvalue weighted by Gasteiger charge is 2.24. The molecule has 176 valence electrons. The van der Waals surface area contributed by atoms with E-state index < -0.39 is 0 Å². The van der Waals surface area contributed by atoms with E-state index in [1.807, 2.05) is 36.9 Å². The summed E-state index contributed by atoms with van der Waals surface area (Å²) in [4.78, 5) is 34.6. The highest BCUT2D eigenvalue weighted by molar-refractivity contribution is 5.99. The topological polar surface area (TPSA) is 90.7 Å². The third-order valence-corrected chi connectivity index (χ3v) is 6.40. The van der Waals surface area contributed by atoms with E-state index in [1.54, 1.807) is 6.07 Å². The fourth-order valence-electron chi connectivity index (χ4n) is 4.35. The van der Waals surface area contributed by atoms with Crippen LogP contribution >= 0.6 is 0 Å². The molecule has 2 N–H and O–H groups in total. The van der Waals surface area contributed by atoms with Crippen LogP contribution in [0.1, 0.15) is 49.0 Å². The Kier molecular flexibility index (Phi) is 6.95. The number of Topliss-reactive ketones (excluding diaryl/α,β-unsaturated/α-hetero) is 1. The number of H-pyrrole nitrogens is 2. The Hall–Kier alpha value is -2.97. The Labute approximate surface area is 193 Å². The molecular formula is C25H33N4O4+. The molecule has 33 heavy (non-hydrogen) atoms. The number of carbonyl (C=O) groups is 1. The van der Waals surface area contributed by atoms with Crippen molar-refractivity contribution in [3.05, 3.63) is 45.9 Å². The van der Waals surface area contributed by atoms with E-state index in [0.717, 1.165) is 30.6 Å². The largest absolute Gasteiger partial charge is 0.493 e. The lowest BCUT2D eigenvalue weighted by Crippen LogP contribution is -2.39. The fourth-order valence-corrected chi connectivity index (χ4v) is 4.35. The number of aromatic amines is 2. The number of benzene rings is 1.